The third-order valence-corrected chi connectivity index (χ3v) is 11.6. The van der Waals surface area contributed by atoms with Gasteiger partial charge in [0.1, 0.15) is 36.8 Å². The number of aliphatic hydroxyl groups excluding tert-OH is 3. The van der Waals surface area contributed by atoms with E-state index in [1.54, 1.807) is 0 Å². The van der Waals surface area contributed by atoms with Crippen molar-refractivity contribution in [2.45, 2.75) is 224 Å². The Labute approximate surface area is 381 Å². The molecule has 364 valence electrons. The lowest BCUT2D eigenvalue weighted by Crippen LogP contribution is -2.60. The molecule has 0 spiro atoms. The van der Waals surface area contributed by atoms with Crippen LogP contribution in [0.4, 0.5) is 0 Å². The molecular weight excluding hydrogens is 825 g/mol. The molecule has 0 aromatic carbocycles. The topological polar surface area (TPSA) is 186 Å². The number of carbonyl (C=O) groups is 2. The molecule has 0 aliphatic carbocycles. The molecular formula is C50H86O12S. The fraction of sp³-hybridized carbons (Fsp3) is 0.760. The van der Waals surface area contributed by atoms with Gasteiger partial charge in [0, 0.05) is 12.8 Å². The highest BCUT2D eigenvalue weighted by atomic mass is 32.2. The van der Waals surface area contributed by atoms with Crippen LogP contribution in [0.3, 0.4) is 0 Å². The van der Waals surface area contributed by atoms with Crippen LogP contribution in [0, 0.1) is 0 Å². The summed E-state index contributed by atoms with van der Waals surface area (Å²) in [6.45, 7) is 3.63. The molecule has 13 heteroatoms. The minimum atomic E-state index is -4.61. The molecule has 0 bridgehead atoms. The maximum atomic E-state index is 12.9. The van der Waals surface area contributed by atoms with Crippen molar-refractivity contribution in [2.75, 3.05) is 19.0 Å². The summed E-state index contributed by atoms with van der Waals surface area (Å²) in [6, 6.07) is 0. The number of unbranched alkanes of at least 4 members (excludes halogenated alkanes) is 18. The lowest BCUT2D eigenvalue weighted by molar-refractivity contribution is -0.297. The van der Waals surface area contributed by atoms with Crippen LogP contribution in [0.15, 0.2) is 60.8 Å². The number of esters is 2. The number of hydrogen-bond donors (Lipinski definition) is 4. The highest BCUT2D eigenvalue weighted by Gasteiger charge is 2.46. The number of rotatable bonds is 40. The van der Waals surface area contributed by atoms with Crippen molar-refractivity contribution in [1.29, 1.82) is 0 Å². The summed E-state index contributed by atoms with van der Waals surface area (Å²) in [5.41, 5.74) is 0. The van der Waals surface area contributed by atoms with E-state index in [0.29, 0.717) is 12.8 Å². The van der Waals surface area contributed by atoms with Gasteiger partial charge in [0.25, 0.3) is 10.1 Å². The van der Waals surface area contributed by atoms with Crippen LogP contribution in [0.25, 0.3) is 0 Å². The molecule has 1 aliphatic heterocycles. The Morgan fingerprint density at radius 2 is 1.00 bits per heavy atom. The third kappa shape index (κ3) is 34.4. The van der Waals surface area contributed by atoms with Gasteiger partial charge in [-0.1, -0.05) is 158 Å². The van der Waals surface area contributed by atoms with Crippen molar-refractivity contribution in [3.8, 4) is 0 Å². The summed E-state index contributed by atoms with van der Waals surface area (Å²) >= 11 is 0. The molecule has 1 saturated heterocycles. The highest BCUT2D eigenvalue weighted by molar-refractivity contribution is 7.85. The van der Waals surface area contributed by atoms with Crippen LogP contribution in [0.5, 0.6) is 0 Å². The molecule has 0 saturated carbocycles. The van der Waals surface area contributed by atoms with Gasteiger partial charge < -0.3 is 34.3 Å². The van der Waals surface area contributed by atoms with Crippen molar-refractivity contribution in [3.05, 3.63) is 60.8 Å². The van der Waals surface area contributed by atoms with Crippen molar-refractivity contribution < 1.29 is 56.8 Å². The Morgan fingerprint density at radius 3 is 1.51 bits per heavy atom. The highest BCUT2D eigenvalue weighted by Crippen LogP contribution is 2.24. The normalized spacial score (nSPS) is 20.3. The average molecular weight is 911 g/mol. The van der Waals surface area contributed by atoms with Gasteiger partial charge in [0.2, 0.25) is 0 Å². The Kier molecular flexibility index (Phi) is 36.8. The van der Waals surface area contributed by atoms with E-state index < -0.39 is 71.2 Å². The number of carbonyl (C=O) groups excluding carboxylic acids is 2. The summed E-state index contributed by atoms with van der Waals surface area (Å²) < 4.78 is 54.1. The fourth-order valence-electron chi connectivity index (χ4n) is 7.07. The molecule has 0 aromatic heterocycles. The Balaban J connectivity index is 2.41. The van der Waals surface area contributed by atoms with Crippen molar-refractivity contribution in [1.82, 2.24) is 0 Å². The summed E-state index contributed by atoms with van der Waals surface area (Å²) in [4.78, 5) is 25.5. The van der Waals surface area contributed by atoms with E-state index in [2.05, 4.69) is 74.6 Å². The van der Waals surface area contributed by atoms with E-state index in [1.807, 2.05) is 0 Å². The predicted octanol–water partition coefficient (Wildman–Crippen LogP) is 10.5. The first kappa shape index (κ1) is 58.4. The fourth-order valence-corrected chi connectivity index (χ4v) is 7.76. The summed E-state index contributed by atoms with van der Waals surface area (Å²) in [5.74, 6) is -2.01. The van der Waals surface area contributed by atoms with Gasteiger partial charge in [-0.3, -0.25) is 14.1 Å². The minimum absolute atomic E-state index is 0.151. The van der Waals surface area contributed by atoms with Crippen LogP contribution in [0.1, 0.15) is 187 Å². The van der Waals surface area contributed by atoms with Crippen LogP contribution in [0.2, 0.25) is 0 Å². The molecule has 0 radical (unpaired) electrons. The Hall–Kier alpha value is -2.65. The second-order valence-electron chi connectivity index (χ2n) is 16.7. The number of allylic oxidation sites excluding steroid dienone is 10. The quantitative estimate of drug-likeness (QED) is 0.0198. The van der Waals surface area contributed by atoms with E-state index >= 15 is 0 Å². The summed E-state index contributed by atoms with van der Waals surface area (Å²) in [5, 5.41) is 30.9. The molecule has 1 rings (SSSR count). The van der Waals surface area contributed by atoms with Gasteiger partial charge in [-0.05, 0) is 77.0 Å². The second-order valence-corrected chi connectivity index (χ2v) is 18.2. The molecule has 0 aromatic rings. The van der Waals surface area contributed by atoms with Gasteiger partial charge in [-0.15, -0.1) is 0 Å². The minimum Gasteiger partial charge on any atom is -0.462 e. The number of hydrogen-bond acceptors (Lipinski definition) is 11. The Bertz CT molecular complexity index is 1390. The largest absolute Gasteiger partial charge is 0.462 e. The molecule has 6 atom stereocenters. The predicted molar refractivity (Wildman–Crippen MR) is 252 cm³/mol. The van der Waals surface area contributed by atoms with Gasteiger partial charge in [0.05, 0.1) is 6.61 Å². The van der Waals surface area contributed by atoms with Crippen molar-refractivity contribution in [3.63, 3.8) is 0 Å². The molecule has 1 heterocycles. The first-order chi connectivity index (χ1) is 30.5. The van der Waals surface area contributed by atoms with E-state index in [9.17, 15) is 37.9 Å². The number of ether oxygens (including phenoxy) is 4. The monoisotopic (exact) mass is 911 g/mol. The van der Waals surface area contributed by atoms with Crippen molar-refractivity contribution in [2.24, 2.45) is 0 Å². The molecule has 63 heavy (non-hydrogen) atoms. The van der Waals surface area contributed by atoms with Gasteiger partial charge in [-0.25, -0.2) is 0 Å². The van der Waals surface area contributed by atoms with Gasteiger partial charge in [-0.2, -0.15) is 8.42 Å². The molecule has 12 nitrogen and oxygen atoms in total. The lowest BCUT2D eigenvalue weighted by Gasteiger charge is -2.40. The van der Waals surface area contributed by atoms with Gasteiger partial charge >= 0.3 is 11.9 Å². The first-order valence-electron chi connectivity index (χ1n) is 24.3. The Morgan fingerprint density at radius 1 is 0.556 bits per heavy atom. The summed E-state index contributed by atoms with van der Waals surface area (Å²) in [6.07, 6.45) is 39.7. The van der Waals surface area contributed by atoms with Crippen molar-refractivity contribution >= 4 is 22.1 Å². The smallest absolute Gasteiger partial charge is 0.306 e. The van der Waals surface area contributed by atoms with E-state index in [0.717, 1.165) is 96.3 Å². The standard InChI is InChI=1S/C50H86O12S/c1-3-5-7-9-11-13-15-17-19-20-21-22-23-24-25-27-29-31-33-35-37-39-46(52)61-43(41-60-50-49(55)48(54)47(53)44(62-50)42-63(56,57)58)40-59-45(51)38-36-34-32-30-28-26-18-16-14-12-10-8-6-4-2/h5,7,11,13,16-19,21-22,43-44,47-50,53-55H,3-4,6,8-10,12,14-15,20,23-42H2,1-2H3,(H,56,57,58)/b7-5-,13-11-,18-16-,19-17-,22-21-. The molecule has 6 unspecified atom stereocenters. The average Bonchev–Trinajstić information content (AvgIpc) is 3.25. The van der Waals surface area contributed by atoms with Gasteiger partial charge in [0.15, 0.2) is 12.4 Å². The molecule has 0 amide bonds. The van der Waals surface area contributed by atoms with E-state index in [1.165, 1.54) is 51.4 Å². The zero-order valence-corrected chi connectivity index (χ0v) is 39.7. The van der Waals surface area contributed by atoms with Crippen LogP contribution in [-0.2, 0) is 38.7 Å². The zero-order valence-electron chi connectivity index (χ0n) is 38.9. The molecule has 1 aliphatic rings. The van der Waals surface area contributed by atoms with E-state index in [4.69, 9.17) is 18.9 Å². The second kappa shape index (κ2) is 39.7. The molecule has 1 fully saturated rings. The van der Waals surface area contributed by atoms with Crippen LogP contribution < -0.4 is 0 Å². The lowest BCUT2D eigenvalue weighted by atomic mass is 10.00. The van der Waals surface area contributed by atoms with Crippen LogP contribution >= 0.6 is 0 Å². The zero-order chi connectivity index (χ0) is 46.2. The molecule has 4 N–H and O–H groups in total. The third-order valence-electron chi connectivity index (χ3n) is 10.8. The summed E-state index contributed by atoms with van der Waals surface area (Å²) in [7, 11) is -4.61. The first-order valence-corrected chi connectivity index (χ1v) is 26.0. The SMILES string of the molecule is CC/C=C\C/C=C\C/C=C\C/C=C\CCCCCCCCCCC(=O)OC(COC(=O)CCCCCCC/C=C\CCCCCCC)COC1OC(CS(=O)(=O)O)C(O)C(O)C1O. The maximum Gasteiger partial charge on any atom is 0.306 e. The maximum absolute atomic E-state index is 12.9. The van der Waals surface area contributed by atoms with E-state index in [-0.39, 0.29) is 19.4 Å². The van der Waals surface area contributed by atoms with Crippen LogP contribution in [-0.4, -0.2) is 96.0 Å². The number of aliphatic hydroxyl groups is 3.